The van der Waals surface area contributed by atoms with Crippen LogP contribution in [0.1, 0.15) is 47.0 Å². The van der Waals surface area contributed by atoms with E-state index in [1.165, 1.54) is 12.8 Å². The maximum absolute atomic E-state index is 5.92. The van der Waals surface area contributed by atoms with Crippen LogP contribution in [0.2, 0.25) is 0 Å². The maximum Gasteiger partial charge on any atom is 0.00620 e. The lowest BCUT2D eigenvalue weighted by atomic mass is 9.89. The molecule has 1 nitrogen and oxygen atoms in total. The Labute approximate surface area is 71.4 Å². The van der Waals surface area contributed by atoms with Gasteiger partial charge in [-0.25, -0.2) is 0 Å². The minimum Gasteiger partial charge on any atom is -0.327 e. The van der Waals surface area contributed by atoms with E-state index in [4.69, 9.17) is 5.73 Å². The first-order valence-electron chi connectivity index (χ1n) is 4.87. The summed E-state index contributed by atoms with van der Waals surface area (Å²) < 4.78 is 0. The van der Waals surface area contributed by atoms with E-state index in [2.05, 4.69) is 27.7 Å². The summed E-state index contributed by atoms with van der Waals surface area (Å²) in [6.45, 7) is 8.98. The normalized spacial score (nSPS) is 19.4. The van der Waals surface area contributed by atoms with Crippen LogP contribution in [0.3, 0.4) is 0 Å². The molecule has 0 bridgehead atoms. The first-order chi connectivity index (χ1) is 5.11. The SMILES string of the molecule is CCC(N)C(C)C[C@@H](C)CC. The van der Waals surface area contributed by atoms with Gasteiger partial charge in [0.05, 0.1) is 0 Å². The molecule has 0 aromatic rings. The molecule has 0 heterocycles. The van der Waals surface area contributed by atoms with Crippen molar-refractivity contribution >= 4 is 0 Å². The van der Waals surface area contributed by atoms with Gasteiger partial charge in [-0.05, 0) is 24.7 Å². The Balaban J connectivity index is 3.58. The van der Waals surface area contributed by atoms with Crippen molar-refractivity contribution in [3.05, 3.63) is 0 Å². The van der Waals surface area contributed by atoms with Crippen LogP contribution in [0.4, 0.5) is 0 Å². The van der Waals surface area contributed by atoms with Crippen molar-refractivity contribution in [1.82, 2.24) is 0 Å². The third-order valence-electron chi connectivity index (χ3n) is 2.67. The molecule has 3 atom stereocenters. The minimum absolute atomic E-state index is 0.406. The lowest BCUT2D eigenvalue weighted by Crippen LogP contribution is -2.28. The second-order valence-electron chi connectivity index (χ2n) is 3.80. The smallest absolute Gasteiger partial charge is 0.00620 e. The summed E-state index contributed by atoms with van der Waals surface area (Å²) in [4.78, 5) is 0. The van der Waals surface area contributed by atoms with Gasteiger partial charge in [0.1, 0.15) is 0 Å². The first-order valence-corrected chi connectivity index (χ1v) is 4.87. The molecule has 0 aliphatic rings. The van der Waals surface area contributed by atoms with E-state index >= 15 is 0 Å². The summed E-state index contributed by atoms with van der Waals surface area (Å²) in [7, 11) is 0. The molecule has 0 saturated carbocycles. The summed E-state index contributed by atoms with van der Waals surface area (Å²) in [5, 5.41) is 0. The number of nitrogens with two attached hydrogens (primary N) is 1. The molecule has 0 aliphatic carbocycles. The largest absolute Gasteiger partial charge is 0.327 e. The van der Waals surface area contributed by atoms with Crippen molar-refractivity contribution in [2.24, 2.45) is 17.6 Å². The summed E-state index contributed by atoms with van der Waals surface area (Å²) in [6, 6.07) is 0.406. The van der Waals surface area contributed by atoms with Gasteiger partial charge in [-0.2, -0.15) is 0 Å². The van der Waals surface area contributed by atoms with Crippen molar-refractivity contribution in [2.45, 2.75) is 53.0 Å². The Kier molecular flexibility index (Phi) is 5.57. The highest BCUT2D eigenvalue weighted by Gasteiger charge is 2.12. The lowest BCUT2D eigenvalue weighted by molar-refractivity contribution is 0.346. The Morgan fingerprint density at radius 1 is 1.09 bits per heavy atom. The zero-order valence-electron chi connectivity index (χ0n) is 8.43. The third-order valence-corrected chi connectivity index (χ3v) is 2.67. The van der Waals surface area contributed by atoms with Gasteiger partial charge < -0.3 is 5.73 Å². The highest BCUT2D eigenvalue weighted by Crippen LogP contribution is 2.17. The van der Waals surface area contributed by atoms with Gasteiger partial charge >= 0.3 is 0 Å². The van der Waals surface area contributed by atoms with Crippen LogP contribution in [0.15, 0.2) is 0 Å². The molecule has 0 aromatic heterocycles. The van der Waals surface area contributed by atoms with Crippen molar-refractivity contribution in [2.75, 3.05) is 0 Å². The van der Waals surface area contributed by atoms with Crippen LogP contribution in [-0.2, 0) is 0 Å². The van der Waals surface area contributed by atoms with Gasteiger partial charge in [-0.3, -0.25) is 0 Å². The molecule has 0 aromatic carbocycles. The second kappa shape index (κ2) is 5.59. The molecule has 0 fully saturated rings. The predicted octanol–water partition coefficient (Wildman–Crippen LogP) is 2.80. The fraction of sp³-hybridized carbons (Fsp3) is 1.00. The van der Waals surface area contributed by atoms with Crippen LogP contribution in [0, 0.1) is 11.8 Å². The van der Waals surface area contributed by atoms with E-state index in [0.717, 1.165) is 12.3 Å². The van der Waals surface area contributed by atoms with Gasteiger partial charge in [0.2, 0.25) is 0 Å². The number of hydrogen-bond acceptors (Lipinski definition) is 1. The van der Waals surface area contributed by atoms with Crippen molar-refractivity contribution in [1.29, 1.82) is 0 Å². The minimum atomic E-state index is 0.406. The monoisotopic (exact) mass is 157 g/mol. The topological polar surface area (TPSA) is 26.0 Å². The standard InChI is InChI=1S/C10H23N/c1-5-8(3)7-9(4)10(11)6-2/h8-10H,5-7,11H2,1-4H3/t8-,9?,10?/m0/s1. The van der Waals surface area contributed by atoms with Crippen molar-refractivity contribution < 1.29 is 0 Å². The van der Waals surface area contributed by atoms with E-state index in [-0.39, 0.29) is 0 Å². The second-order valence-corrected chi connectivity index (χ2v) is 3.80. The molecule has 0 rings (SSSR count). The molecule has 0 saturated heterocycles. The van der Waals surface area contributed by atoms with Crippen molar-refractivity contribution in [3.63, 3.8) is 0 Å². The molecule has 68 valence electrons. The molecule has 0 radical (unpaired) electrons. The molecule has 0 spiro atoms. The molecule has 2 N–H and O–H groups in total. The van der Waals surface area contributed by atoms with Crippen LogP contribution in [-0.4, -0.2) is 6.04 Å². The van der Waals surface area contributed by atoms with Crippen LogP contribution in [0.25, 0.3) is 0 Å². The molecule has 0 aliphatic heterocycles. The lowest BCUT2D eigenvalue weighted by Gasteiger charge is -2.21. The van der Waals surface area contributed by atoms with E-state index in [0.29, 0.717) is 12.0 Å². The van der Waals surface area contributed by atoms with Gasteiger partial charge in [-0.15, -0.1) is 0 Å². The summed E-state index contributed by atoms with van der Waals surface area (Å²) >= 11 is 0. The molecule has 0 amide bonds. The third kappa shape index (κ3) is 4.41. The van der Waals surface area contributed by atoms with Crippen LogP contribution < -0.4 is 5.73 Å². The molecular weight excluding hydrogens is 134 g/mol. The zero-order valence-corrected chi connectivity index (χ0v) is 8.43. The van der Waals surface area contributed by atoms with Gasteiger partial charge in [0.25, 0.3) is 0 Å². The summed E-state index contributed by atoms with van der Waals surface area (Å²) in [5.41, 5.74) is 5.92. The van der Waals surface area contributed by atoms with E-state index < -0.39 is 0 Å². The Morgan fingerprint density at radius 2 is 1.64 bits per heavy atom. The summed E-state index contributed by atoms with van der Waals surface area (Å²) in [5.74, 6) is 1.53. The van der Waals surface area contributed by atoms with Crippen molar-refractivity contribution in [3.8, 4) is 0 Å². The zero-order chi connectivity index (χ0) is 8.85. The molecule has 11 heavy (non-hydrogen) atoms. The summed E-state index contributed by atoms with van der Waals surface area (Å²) in [6.07, 6.45) is 3.67. The molecular formula is C10H23N. The fourth-order valence-corrected chi connectivity index (χ4v) is 1.38. The maximum atomic E-state index is 5.92. The van der Waals surface area contributed by atoms with E-state index in [1.807, 2.05) is 0 Å². The average molecular weight is 157 g/mol. The number of hydrogen-bond donors (Lipinski definition) is 1. The van der Waals surface area contributed by atoms with E-state index in [1.54, 1.807) is 0 Å². The Morgan fingerprint density at radius 3 is 2.00 bits per heavy atom. The van der Waals surface area contributed by atoms with Crippen LogP contribution >= 0.6 is 0 Å². The highest BCUT2D eigenvalue weighted by molar-refractivity contribution is 4.69. The quantitative estimate of drug-likeness (QED) is 0.652. The van der Waals surface area contributed by atoms with Gasteiger partial charge in [0, 0.05) is 6.04 Å². The average Bonchev–Trinajstić information content (AvgIpc) is 2.02. The van der Waals surface area contributed by atoms with Gasteiger partial charge in [0.15, 0.2) is 0 Å². The predicted molar refractivity (Wildman–Crippen MR) is 51.5 cm³/mol. The highest BCUT2D eigenvalue weighted by atomic mass is 14.6. The van der Waals surface area contributed by atoms with Crippen LogP contribution in [0.5, 0.6) is 0 Å². The molecule has 2 unspecified atom stereocenters. The number of rotatable bonds is 5. The fourth-order valence-electron chi connectivity index (χ4n) is 1.38. The Bertz CT molecular complexity index is 90.9. The Hall–Kier alpha value is -0.0400. The van der Waals surface area contributed by atoms with E-state index in [9.17, 15) is 0 Å². The van der Waals surface area contributed by atoms with Gasteiger partial charge in [-0.1, -0.05) is 34.1 Å². The first kappa shape index (κ1) is 11.0. The molecule has 1 heteroatoms.